The van der Waals surface area contributed by atoms with Crippen LogP contribution in [0.4, 0.5) is 0 Å². The van der Waals surface area contributed by atoms with Crippen LogP contribution < -0.4 is 0 Å². The summed E-state index contributed by atoms with van der Waals surface area (Å²) in [6.07, 6.45) is 0. The minimum absolute atomic E-state index is 0.175. The third kappa shape index (κ3) is 3.99. The summed E-state index contributed by atoms with van der Waals surface area (Å²) < 4.78 is 4.97. The molecule has 111 valence electrons. The average molecular weight is 277 g/mol. The van der Waals surface area contributed by atoms with E-state index < -0.39 is 5.97 Å². The van der Waals surface area contributed by atoms with Crippen LogP contribution in [0.3, 0.4) is 0 Å². The van der Waals surface area contributed by atoms with Gasteiger partial charge in [0.15, 0.2) is 0 Å². The topological polar surface area (TPSA) is 46.5 Å². The van der Waals surface area contributed by atoms with Crippen LogP contribution in [-0.2, 0) is 27.0 Å². The van der Waals surface area contributed by atoms with Crippen molar-refractivity contribution in [3.05, 3.63) is 35.7 Å². The number of benzene rings is 1. The summed E-state index contributed by atoms with van der Waals surface area (Å²) in [5.74, 6) is -0.220. The molecule has 20 heavy (non-hydrogen) atoms. The van der Waals surface area contributed by atoms with E-state index in [1.165, 1.54) is 0 Å². The van der Waals surface area contributed by atoms with E-state index in [9.17, 15) is 9.90 Å². The van der Waals surface area contributed by atoms with Gasteiger partial charge in [-0.3, -0.25) is 4.79 Å². The van der Waals surface area contributed by atoms with Crippen LogP contribution in [0.15, 0.2) is 12.1 Å². The van der Waals surface area contributed by atoms with E-state index in [1.807, 2.05) is 53.7 Å². The molecule has 1 aromatic carbocycles. The SMILES string of the molecule is [CH2]C(=O)OCc1cc(C(C)(C)C)c(O)c(C(C)(C)C)c1. The molecule has 0 saturated heterocycles. The fourth-order valence-corrected chi connectivity index (χ4v) is 2.08. The zero-order chi connectivity index (χ0) is 15.7. The standard InChI is InChI=1S/C17H25O3/c1-11(18)20-10-12-8-13(16(2,3)4)15(19)14(9-12)17(5,6)7/h8-9,19H,1,10H2,2-7H3. The van der Waals surface area contributed by atoms with Crippen molar-refractivity contribution in [1.82, 2.24) is 0 Å². The quantitative estimate of drug-likeness (QED) is 0.835. The van der Waals surface area contributed by atoms with Crippen LogP contribution in [0, 0.1) is 6.92 Å². The fourth-order valence-electron chi connectivity index (χ4n) is 2.08. The summed E-state index contributed by atoms with van der Waals surface area (Å²) in [6, 6.07) is 3.79. The minimum Gasteiger partial charge on any atom is -0.507 e. The van der Waals surface area contributed by atoms with Crippen LogP contribution >= 0.6 is 0 Å². The van der Waals surface area contributed by atoms with E-state index in [1.54, 1.807) is 0 Å². The molecule has 1 aromatic rings. The van der Waals surface area contributed by atoms with Gasteiger partial charge in [-0.15, -0.1) is 0 Å². The molecule has 3 heteroatoms. The summed E-state index contributed by atoms with van der Waals surface area (Å²) >= 11 is 0. The van der Waals surface area contributed by atoms with E-state index in [-0.39, 0.29) is 17.4 Å². The number of ether oxygens (including phenoxy) is 1. The lowest BCUT2D eigenvalue weighted by molar-refractivity contribution is -0.139. The molecule has 1 radical (unpaired) electrons. The Morgan fingerprint density at radius 3 is 1.80 bits per heavy atom. The van der Waals surface area contributed by atoms with E-state index in [2.05, 4.69) is 6.92 Å². The maximum absolute atomic E-state index is 10.9. The van der Waals surface area contributed by atoms with Gasteiger partial charge in [0, 0.05) is 0 Å². The van der Waals surface area contributed by atoms with Crippen LogP contribution in [0.5, 0.6) is 5.75 Å². The van der Waals surface area contributed by atoms with Crippen LogP contribution in [0.1, 0.15) is 58.2 Å². The Labute approximate surface area is 122 Å². The fraction of sp³-hybridized carbons (Fsp3) is 0.529. The Morgan fingerprint density at radius 1 is 1.10 bits per heavy atom. The highest BCUT2D eigenvalue weighted by Gasteiger charge is 2.26. The van der Waals surface area contributed by atoms with E-state index in [0.717, 1.165) is 16.7 Å². The monoisotopic (exact) mass is 277 g/mol. The van der Waals surface area contributed by atoms with Gasteiger partial charge >= 0.3 is 5.97 Å². The second-order valence-electron chi connectivity index (χ2n) is 7.20. The highest BCUT2D eigenvalue weighted by Crippen LogP contribution is 2.39. The Kier molecular flexibility index (Phi) is 4.52. The van der Waals surface area contributed by atoms with Crippen LogP contribution in [0.2, 0.25) is 0 Å². The van der Waals surface area contributed by atoms with Crippen molar-refractivity contribution in [2.45, 2.75) is 59.0 Å². The van der Waals surface area contributed by atoms with E-state index in [0.29, 0.717) is 5.75 Å². The number of phenolic OH excluding ortho intramolecular Hbond substituents is 1. The molecule has 0 bridgehead atoms. The Bertz CT molecular complexity index is 467. The first-order valence-electron chi connectivity index (χ1n) is 6.78. The van der Waals surface area contributed by atoms with Crippen molar-refractivity contribution in [2.75, 3.05) is 0 Å². The summed E-state index contributed by atoms with van der Waals surface area (Å²) in [4.78, 5) is 10.9. The molecule has 1 rings (SSSR count). The molecule has 1 N–H and O–H groups in total. The Hall–Kier alpha value is -1.51. The highest BCUT2D eigenvalue weighted by molar-refractivity contribution is 5.73. The van der Waals surface area contributed by atoms with Crippen molar-refractivity contribution in [2.24, 2.45) is 0 Å². The van der Waals surface area contributed by atoms with Gasteiger partial charge in [-0.05, 0) is 39.7 Å². The molecule has 0 atom stereocenters. The maximum Gasteiger partial charge on any atom is 0.306 e. The molecule has 0 spiro atoms. The van der Waals surface area contributed by atoms with Gasteiger partial charge in [-0.2, -0.15) is 0 Å². The van der Waals surface area contributed by atoms with Crippen molar-refractivity contribution < 1.29 is 14.6 Å². The molecule has 0 aliphatic carbocycles. The molecule has 0 heterocycles. The zero-order valence-electron chi connectivity index (χ0n) is 13.3. The Balaban J connectivity index is 3.38. The lowest BCUT2D eigenvalue weighted by Gasteiger charge is -2.28. The molecule has 0 unspecified atom stereocenters. The predicted octanol–water partition coefficient (Wildman–Crippen LogP) is 3.86. The largest absolute Gasteiger partial charge is 0.507 e. The zero-order valence-corrected chi connectivity index (χ0v) is 13.3. The molecule has 0 aromatic heterocycles. The van der Waals surface area contributed by atoms with Gasteiger partial charge in [-0.1, -0.05) is 41.5 Å². The number of carbonyl (C=O) groups is 1. The molecule has 3 nitrogen and oxygen atoms in total. The highest BCUT2D eigenvalue weighted by atomic mass is 16.5. The Morgan fingerprint density at radius 2 is 1.50 bits per heavy atom. The van der Waals surface area contributed by atoms with Crippen molar-refractivity contribution in [1.29, 1.82) is 0 Å². The summed E-state index contributed by atoms with van der Waals surface area (Å²) in [7, 11) is 0. The number of hydrogen-bond acceptors (Lipinski definition) is 3. The summed E-state index contributed by atoms with van der Waals surface area (Å²) in [5, 5.41) is 10.5. The molecule has 0 fully saturated rings. The summed E-state index contributed by atoms with van der Waals surface area (Å²) in [6.45, 7) is 15.7. The van der Waals surface area contributed by atoms with Gasteiger partial charge in [0.25, 0.3) is 0 Å². The maximum atomic E-state index is 10.9. The van der Waals surface area contributed by atoms with E-state index in [4.69, 9.17) is 4.74 Å². The molecule has 0 aliphatic rings. The second kappa shape index (κ2) is 5.47. The first-order chi connectivity index (χ1) is 8.93. The number of hydrogen-bond donors (Lipinski definition) is 1. The van der Waals surface area contributed by atoms with Gasteiger partial charge < -0.3 is 9.84 Å². The van der Waals surface area contributed by atoms with Gasteiger partial charge in [0.1, 0.15) is 12.4 Å². The number of aromatic hydroxyl groups is 1. The first kappa shape index (κ1) is 16.5. The predicted molar refractivity (Wildman–Crippen MR) is 80.7 cm³/mol. The lowest BCUT2D eigenvalue weighted by Crippen LogP contribution is -2.18. The van der Waals surface area contributed by atoms with Gasteiger partial charge in [0.2, 0.25) is 0 Å². The average Bonchev–Trinajstić information content (AvgIpc) is 2.24. The molecular weight excluding hydrogens is 252 g/mol. The number of esters is 1. The molecule has 0 aliphatic heterocycles. The third-order valence-corrected chi connectivity index (χ3v) is 3.19. The van der Waals surface area contributed by atoms with E-state index >= 15 is 0 Å². The molecule has 0 saturated carbocycles. The third-order valence-electron chi connectivity index (χ3n) is 3.19. The molecular formula is C17H25O3. The smallest absolute Gasteiger partial charge is 0.306 e. The first-order valence-corrected chi connectivity index (χ1v) is 6.78. The van der Waals surface area contributed by atoms with Crippen LogP contribution in [0.25, 0.3) is 0 Å². The molecule has 0 amide bonds. The number of carbonyl (C=O) groups excluding carboxylic acids is 1. The number of phenols is 1. The van der Waals surface area contributed by atoms with Crippen molar-refractivity contribution in [3.63, 3.8) is 0 Å². The van der Waals surface area contributed by atoms with Crippen LogP contribution in [-0.4, -0.2) is 11.1 Å². The normalized spacial score (nSPS) is 12.3. The number of rotatable bonds is 2. The van der Waals surface area contributed by atoms with Crippen molar-refractivity contribution in [3.8, 4) is 5.75 Å². The summed E-state index contributed by atoms with van der Waals surface area (Å²) in [5.41, 5.74) is 2.22. The van der Waals surface area contributed by atoms with Gasteiger partial charge in [0.05, 0.1) is 6.92 Å². The van der Waals surface area contributed by atoms with Crippen molar-refractivity contribution >= 4 is 5.97 Å². The minimum atomic E-state index is -0.548. The van der Waals surface area contributed by atoms with Gasteiger partial charge in [-0.25, -0.2) is 0 Å². The second-order valence-corrected chi connectivity index (χ2v) is 7.20. The lowest BCUT2D eigenvalue weighted by atomic mass is 9.78.